The predicted molar refractivity (Wildman–Crippen MR) is 103 cm³/mol. The molecule has 4 N–H and O–H groups in total. The van der Waals surface area contributed by atoms with Crippen LogP contribution in [-0.2, 0) is 19.1 Å². The zero-order valence-corrected chi connectivity index (χ0v) is 17.2. The molecular weight excluding hydrogens is 350 g/mol. The fraction of sp³-hybridized carbons (Fsp3) is 0.789. The van der Waals surface area contributed by atoms with Gasteiger partial charge in [0.1, 0.15) is 5.60 Å². The first-order chi connectivity index (χ1) is 12.5. The Bertz CT molecular complexity index is 539. The van der Waals surface area contributed by atoms with Crippen molar-refractivity contribution >= 4 is 11.8 Å². The first kappa shape index (κ1) is 23.6. The van der Waals surface area contributed by atoms with Crippen molar-refractivity contribution in [2.24, 2.45) is 11.7 Å². The minimum absolute atomic E-state index is 0.103. The van der Waals surface area contributed by atoms with Crippen LogP contribution in [0.15, 0.2) is 11.8 Å². The predicted octanol–water partition coefficient (Wildman–Crippen LogP) is 0.396. The van der Waals surface area contributed by atoms with E-state index in [0.29, 0.717) is 5.92 Å². The summed E-state index contributed by atoms with van der Waals surface area (Å²) in [7, 11) is 1.88. The zero-order chi connectivity index (χ0) is 20.7. The lowest BCUT2D eigenvalue weighted by atomic mass is 9.95. The molecule has 1 aliphatic rings. The normalized spacial score (nSPS) is 17.2. The topological polar surface area (TPSA) is 114 Å². The number of aliphatic hydroxyl groups is 1. The molecule has 0 bridgehead atoms. The Balaban J connectivity index is 2.65. The Kier molecular flexibility index (Phi) is 8.87. The Hall–Kier alpha value is -1.48. The average molecular weight is 386 g/mol. The molecule has 1 saturated heterocycles. The van der Waals surface area contributed by atoms with Gasteiger partial charge < -0.3 is 20.3 Å². The van der Waals surface area contributed by atoms with Gasteiger partial charge >= 0.3 is 0 Å². The summed E-state index contributed by atoms with van der Waals surface area (Å²) in [6.07, 6.45) is 3.11. The molecule has 156 valence electrons. The number of nitrogens with zero attached hydrogens (tertiary/aromatic N) is 1. The maximum atomic E-state index is 12.6. The number of amides is 2. The van der Waals surface area contributed by atoms with Crippen LogP contribution in [0, 0.1) is 5.92 Å². The molecule has 1 fully saturated rings. The van der Waals surface area contributed by atoms with E-state index >= 15 is 0 Å². The molecule has 0 aliphatic carbocycles. The molecule has 0 unspecified atom stereocenters. The Morgan fingerprint density at radius 1 is 1.30 bits per heavy atom. The number of nitrogens with one attached hydrogen (secondary N) is 1. The monoisotopic (exact) mass is 385 g/mol. The van der Waals surface area contributed by atoms with Gasteiger partial charge in [-0.05, 0) is 53.5 Å². The Morgan fingerprint density at radius 2 is 1.89 bits per heavy atom. The third kappa shape index (κ3) is 7.21. The first-order valence-corrected chi connectivity index (χ1v) is 9.37. The third-order valence-corrected chi connectivity index (χ3v) is 5.16. The molecule has 0 saturated carbocycles. The zero-order valence-electron chi connectivity index (χ0n) is 17.2. The van der Waals surface area contributed by atoms with Gasteiger partial charge in [-0.2, -0.15) is 0 Å². The molecule has 1 rings (SSSR count). The second kappa shape index (κ2) is 10.2. The van der Waals surface area contributed by atoms with Gasteiger partial charge in [-0.1, -0.05) is 0 Å². The molecule has 1 heterocycles. The van der Waals surface area contributed by atoms with Gasteiger partial charge in [-0.3, -0.25) is 19.8 Å². The van der Waals surface area contributed by atoms with E-state index in [9.17, 15) is 9.59 Å². The maximum absolute atomic E-state index is 12.6. The molecule has 8 heteroatoms. The fourth-order valence-electron chi connectivity index (χ4n) is 2.72. The lowest BCUT2D eigenvalue weighted by Crippen LogP contribution is -2.55. The van der Waals surface area contributed by atoms with Crippen molar-refractivity contribution < 1.29 is 24.2 Å². The van der Waals surface area contributed by atoms with Crippen LogP contribution in [0.2, 0.25) is 0 Å². The van der Waals surface area contributed by atoms with Crippen LogP contribution in [0.3, 0.4) is 0 Å². The van der Waals surface area contributed by atoms with Gasteiger partial charge in [0.25, 0.3) is 5.91 Å². The number of imide groups is 1. The number of aliphatic hydroxyl groups excluding tert-OH is 1. The quantitative estimate of drug-likeness (QED) is 0.492. The van der Waals surface area contributed by atoms with Gasteiger partial charge in [0.05, 0.1) is 18.8 Å². The lowest BCUT2D eigenvalue weighted by molar-refractivity contribution is -0.135. The number of rotatable bonds is 9. The number of likely N-dealkylation sites (N-methyl/N-ethyl adjacent to an activating group) is 1. The van der Waals surface area contributed by atoms with E-state index in [2.05, 4.69) is 5.32 Å². The van der Waals surface area contributed by atoms with Crippen LogP contribution >= 0.6 is 0 Å². The van der Waals surface area contributed by atoms with Crippen molar-refractivity contribution in [3.63, 3.8) is 0 Å². The van der Waals surface area contributed by atoms with Crippen LogP contribution in [-0.4, -0.2) is 73.0 Å². The fourth-order valence-corrected chi connectivity index (χ4v) is 2.72. The molecule has 0 aromatic carbocycles. The van der Waals surface area contributed by atoms with Crippen molar-refractivity contribution in [2.45, 2.75) is 51.7 Å². The summed E-state index contributed by atoms with van der Waals surface area (Å²) in [5.74, 6) is -0.502. The smallest absolute Gasteiger partial charge is 0.252 e. The van der Waals surface area contributed by atoms with E-state index in [0.717, 1.165) is 38.7 Å². The highest BCUT2D eigenvalue weighted by Gasteiger charge is 2.34. The molecule has 0 spiro atoms. The lowest BCUT2D eigenvalue weighted by Gasteiger charge is -2.37. The van der Waals surface area contributed by atoms with Crippen molar-refractivity contribution in [3.8, 4) is 0 Å². The van der Waals surface area contributed by atoms with Crippen LogP contribution in [0.5, 0.6) is 0 Å². The summed E-state index contributed by atoms with van der Waals surface area (Å²) >= 11 is 0. The van der Waals surface area contributed by atoms with Gasteiger partial charge in [-0.25, -0.2) is 0 Å². The van der Waals surface area contributed by atoms with Gasteiger partial charge in [0.2, 0.25) is 5.91 Å². The maximum Gasteiger partial charge on any atom is 0.252 e. The summed E-state index contributed by atoms with van der Waals surface area (Å²) in [4.78, 5) is 26.8. The van der Waals surface area contributed by atoms with E-state index in [1.54, 1.807) is 27.7 Å². The summed E-state index contributed by atoms with van der Waals surface area (Å²) in [5.41, 5.74) is 4.33. The number of nitrogens with two attached hydrogens (primary N) is 1. The minimum Gasteiger partial charge on any atom is -0.400 e. The summed E-state index contributed by atoms with van der Waals surface area (Å²) < 4.78 is 10.8. The minimum atomic E-state index is -0.918. The number of hydrogen-bond acceptors (Lipinski definition) is 7. The van der Waals surface area contributed by atoms with Crippen molar-refractivity contribution in [1.29, 1.82) is 0 Å². The standard InChI is InChI=1S/C19H35N3O5/c1-18(2,22(5)13-14-6-9-26-10-7-14)17(25)21-16(24)12-15(20)19(3,4)27-11-8-23/h12,14,23H,6-11,13,20H2,1-5H3,(H,21,24,25). The van der Waals surface area contributed by atoms with Crippen LogP contribution < -0.4 is 11.1 Å². The first-order valence-electron chi connectivity index (χ1n) is 9.37. The summed E-state index contributed by atoms with van der Waals surface area (Å²) in [5, 5.41) is 11.2. The highest BCUT2D eigenvalue weighted by Crippen LogP contribution is 2.21. The third-order valence-electron chi connectivity index (χ3n) is 5.16. The Labute approximate surface area is 162 Å². The van der Waals surface area contributed by atoms with Crippen LogP contribution in [0.4, 0.5) is 0 Å². The van der Waals surface area contributed by atoms with Crippen molar-refractivity contribution in [3.05, 3.63) is 11.8 Å². The van der Waals surface area contributed by atoms with E-state index in [1.807, 2.05) is 11.9 Å². The highest BCUT2D eigenvalue weighted by atomic mass is 16.5. The highest BCUT2D eigenvalue weighted by molar-refractivity contribution is 6.04. The van der Waals surface area contributed by atoms with E-state index in [-0.39, 0.29) is 24.8 Å². The van der Waals surface area contributed by atoms with Gasteiger partial charge in [0.15, 0.2) is 0 Å². The summed E-state index contributed by atoms with van der Waals surface area (Å²) in [6, 6.07) is 0. The molecule has 0 radical (unpaired) electrons. The molecule has 0 atom stereocenters. The number of carbonyl (C=O) groups is 2. The number of carbonyl (C=O) groups excluding carboxylic acids is 2. The van der Waals surface area contributed by atoms with Gasteiger partial charge in [-0.15, -0.1) is 0 Å². The molecule has 0 aromatic rings. The molecule has 0 aromatic heterocycles. The summed E-state index contributed by atoms with van der Waals surface area (Å²) in [6.45, 7) is 9.18. The van der Waals surface area contributed by atoms with Crippen LogP contribution in [0.1, 0.15) is 40.5 Å². The number of ether oxygens (including phenoxy) is 2. The second-order valence-electron chi connectivity index (χ2n) is 8.00. The Morgan fingerprint density at radius 3 is 2.44 bits per heavy atom. The SMILES string of the molecule is CN(CC1CCOCC1)C(C)(C)C(=O)NC(=O)C=C(N)C(C)(C)OCCO. The number of hydrogen-bond donors (Lipinski definition) is 3. The molecular formula is C19H35N3O5. The average Bonchev–Trinajstić information content (AvgIpc) is 2.60. The largest absolute Gasteiger partial charge is 0.400 e. The van der Waals surface area contributed by atoms with Crippen molar-refractivity contribution in [1.82, 2.24) is 10.2 Å². The van der Waals surface area contributed by atoms with Gasteiger partial charge in [0, 0.05) is 31.5 Å². The van der Waals surface area contributed by atoms with Crippen LogP contribution in [0.25, 0.3) is 0 Å². The molecule has 27 heavy (non-hydrogen) atoms. The molecule has 1 aliphatic heterocycles. The van der Waals surface area contributed by atoms with E-state index < -0.39 is 17.0 Å². The molecule has 2 amide bonds. The second-order valence-corrected chi connectivity index (χ2v) is 8.00. The van der Waals surface area contributed by atoms with E-state index in [4.69, 9.17) is 20.3 Å². The van der Waals surface area contributed by atoms with Crippen molar-refractivity contribution in [2.75, 3.05) is 40.0 Å². The molecule has 8 nitrogen and oxygen atoms in total. The van der Waals surface area contributed by atoms with E-state index in [1.165, 1.54) is 0 Å².